The van der Waals surface area contributed by atoms with Gasteiger partial charge in [-0.25, -0.2) is 5.84 Å². The van der Waals surface area contributed by atoms with Crippen molar-refractivity contribution in [1.82, 2.24) is 5.01 Å². The Hall–Kier alpha value is -2.86. The van der Waals surface area contributed by atoms with Gasteiger partial charge >= 0.3 is 0 Å². The van der Waals surface area contributed by atoms with Crippen molar-refractivity contribution in [3.8, 4) is 0 Å². The molecule has 0 unspecified atom stereocenters. The first-order valence-corrected chi connectivity index (χ1v) is 7.27. The molecule has 0 fully saturated rings. The highest BCUT2D eigenvalue weighted by Crippen LogP contribution is 2.17. The monoisotopic (exact) mass is 314 g/mol. The zero-order valence-electron chi connectivity index (χ0n) is 13.5. The van der Waals surface area contributed by atoms with Crippen molar-refractivity contribution in [2.24, 2.45) is 5.84 Å². The highest BCUT2D eigenvalue weighted by molar-refractivity contribution is 6.07. The second-order valence-corrected chi connectivity index (χ2v) is 4.54. The minimum absolute atomic E-state index is 0.195. The van der Waals surface area contributed by atoms with E-state index in [9.17, 15) is 9.59 Å². The van der Waals surface area contributed by atoms with E-state index in [-0.39, 0.29) is 17.2 Å². The van der Waals surface area contributed by atoms with Gasteiger partial charge in [0, 0.05) is 24.0 Å². The Morgan fingerprint density at radius 3 is 2.22 bits per heavy atom. The minimum Gasteiger partial charge on any atom is -0.398 e. The number of para-hydroxylation sites is 1. The van der Waals surface area contributed by atoms with Crippen LogP contribution in [0.4, 0.5) is 11.4 Å². The standard InChI is InChI=1S/C15H16N4O2.C2H6/c1-19(17)15(21)12-9-10(7-8-13(12)16)14(20)18-11-5-3-2-4-6-11;1-2/h2-9H,16-17H2,1H3,(H,18,20);1-2H3. The molecular weight excluding hydrogens is 292 g/mol. The van der Waals surface area contributed by atoms with Crippen LogP contribution in [0.5, 0.6) is 0 Å². The number of hydrogen-bond acceptors (Lipinski definition) is 4. The summed E-state index contributed by atoms with van der Waals surface area (Å²) in [5.74, 6) is 4.63. The molecule has 2 aromatic carbocycles. The number of carbonyl (C=O) groups excluding carboxylic acids is 2. The molecule has 2 aromatic rings. The number of nitrogens with two attached hydrogens (primary N) is 2. The topological polar surface area (TPSA) is 101 Å². The number of hydrogen-bond donors (Lipinski definition) is 3. The molecule has 0 spiro atoms. The highest BCUT2D eigenvalue weighted by atomic mass is 16.2. The Balaban J connectivity index is 0.00000127. The minimum atomic E-state index is -0.457. The molecule has 23 heavy (non-hydrogen) atoms. The molecule has 0 aliphatic rings. The summed E-state index contributed by atoms with van der Waals surface area (Å²) < 4.78 is 0. The van der Waals surface area contributed by atoms with Crippen LogP contribution in [0, 0.1) is 0 Å². The van der Waals surface area contributed by atoms with E-state index in [1.807, 2.05) is 32.0 Å². The molecule has 2 rings (SSSR count). The van der Waals surface area contributed by atoms with Crippen LogP contribution in [0.25, 0.3) is 0 Å². The third-order valence-electron chi connectivity index (χ3n) is 2.90. The van der Waals surface area contributed by atoms with Gasteiger partial charge < -0.3 is 11.1 Å². The largest absolute Gasteiger partial charge is 0.398 e. The second kappa shape index (κ2) is 8.55. The summed E-state index contributed by atoms with van der Waals surface area (Å²) in [4.78, 5) is 24.0. The van der Waals surface area contributed by atoms with Crippen LogP contribution < -0.4 is 16.9 Å². The van der Waals surface area contributed by atoms with E-state index < -0.39 is 5.91 Å². The average Bonchev–Trinajstić information content (AvgIpc) is 2.57. The van der Waals surface area contributed by atoms with E-state index in [0.717, 1.165) is 5.01 Å². The van der Waals surface area contributed by atoms with E-state index >= 15 is 0 Å². The molecule has 6 heteroatoms. The van der Waals surface area contributed by atoms with Crippen LogP contribution in [-0.4, -0.2) is 23.9 Å². The predicted octanol–water partition coefficient (Wildman–Crippen LogP) is 2.49. The van der Waals surface area contributed by atoms with Crippen LogP contribution in [0.1, 0.15) is 34.6 Å². The van der Waals surface area contributed by atoms with Crippen molar-refractivity contribution in [3.63, 3.8) is 0 Å². The van der Waals surface area contributed by atoms with Crippen LogP contribution >= 0.6 is 0 Å². The van der Waals surface area contributed by atoms with E-state index in [1.165, 1.54) is 19.2 Å². The highest BCUT2D eigenvalue weighted by Gasteiger charge is 2.15. The molecule has 6 nitrogen and oxygen atoms in total. The van der Waals surface area contributed by atoms with Gasteiger partial charge in [0.15, 0.2) is 0 Å². The molecule has 0 saturated carbocycles. The Morgan fingerprint density at radius 1 is 1.04 bits per heavy atom. The summed E-state index contributed by atoms with van der Waals surface area (Å²) in [5.41, 5.74) is 7.21. The number of hydrazine groups is 1. The number of amides is 2. The Morgan fingerprint density at radius 2 is 1.65 bits per heavy atom. The molecule has 0 saturated heterocycles. The molecule has 0 bridgehead atoms. The number of benzene rings is 2. The average molecular weight is 314 g/mol. The lowest BCUT2D eigenvalue weighted by atomic mass is 10.1. The van der Waals surface area contributed by atoms with Gasteiger partial charge in [-0.3, -0.25) is 14.6 Å². The first kappa shape index (κ1) is 18.2. The van der Waals surface area contributed by atoms with Crippen molar-refractivity contribution in [1.29, 1.82) is 0 Å². The summed E-state index contributed by atoms with van der Waals surface area (Å²) in [6.45, 7) is 4.00. The molecule has 0 heterocycles. The molecule has 0 aliphatic heterocycles. The lowest BCUT2D eigenvalue weighted by Crippen LogP contribution is -2.33. The maximum Gasteiger partial charge on any atom is 0.269 e. The van der Waals surface area contributed by atoms with Crippen LogP contribution in [0.15, 0.2) is 48.5 Å². The summed E-state index contributed by atoms with van der Waals surface area (Å²) in [5, 5.41) is 3.66. The van der Waals surface area contributed by atoms with Gasteiger partial charge in [-0.2, -0.15) is 0 Å². The molecule has 0 aliphatic carbocycles. The SMILES string of the molecule is CC.CN(N)C(=O)c1cc(C(=O)Nc2ccccc2)ccc1N. The van der Waals surface area contributed by atoms with E-state index in [4.69, 9.17) is 11.6 Å². The van der Waals surface area contributed by atoms with E-state index in [2.05, 4.69) is 5.32 Å². The fourth-order valence-corrected chi connectivity index (χ4v) is 1.80. The number of nitrogen functional groups attached to an aromatic ring is 1. The molecule has 5 N–H and O–H groups in total. The number of nitrogens with one attached hydrogen (secondary N) is 1. The summed E-state index contributed by atoms with van der Waals surface area (Å²) in [6, 6.07) is 13.5. The van der Waals surface area contributed by atoms with Crippen LogP contribution in [0.2, 0.25) is 0 Å². The Labute approximate surface area is 136 Å². The van der Waals surface area contributed by atoms with Crippen molar-refractivity contribution < 1.29 is 9.59 Å². The zero-order valence-corrected chi connectivity index (χ0v) is 13.5. The summed E-state index contributed by atoms with van der Waals surface area (Å²) >= 11 is 0. The first-order valence-electron chi connectivity index (χ1n) is 7.27. The fraction of sp³-hybridized carbons (Fsp3) is 0.176. The normalized spacial score (nSPS) is 9.39. The molecule has 122 valence electrons. The molecule has 0 radical (unpaired) electrons. The second-order valence-electron chi connectivity index (χ2n) is 4.54. The van der Waals surface area contributed by atoms with Gasteiger partial charge in [-0.15, -0.1) is 0 Å². The number of nitrogens with zero attached hydrogens (tertiary/aromatic N) is 1. The molecule has 2 amide bonds. The lowest BCUT2D eigenvalue weighted by molar-refractivity contribution is 0.0796. The third kappa shape index (κ3) is 4.82. The quantitative estimate of drug-likeness (QED) is 0.350. The summed E-state index contributed by atoms with van der Waals surface area (Å²) in [6.07, 6.45) is 0. The number of anilines is 2. The molecule has 0 aromatic heterocycles. The number of carbonyl (C=O) groups is 2. The molecular formula is C17H22N4O2. The number of rotatable bonds is 3. The van der Waals surface area contributed by atoms with Gasteiger partial charge in [0.2, 0.25) is 0 Å². The smallest absolute Gasteiger partial charge is 0.269 e. The first-order chi connectivity index (χ1) is 11.0. The Bertz CT molecular complexity index is 670. The fourth-order valence-electron chi connectivity index (χ4n) is 1.80. The van der Waals surface area contributed by atoms with Crippen molar-refractivity contribution in [3.05, 3.63) is 59.7 Å². The lowest BCUT2D eigenvalue weighted by Gasteiger charge is -2.13. The van der Waals surface area contributed by atoms with Crippen LogP contribution in [-0.2, 0) is 0 Å². The van der Waals surface area contributed by atoms with Gasteiger partial charge in [0.05, 0.1) is 5.56 Å². The van der Waals surface area contributed by atoms with Gasteiger partial charge in [0.1, 0.15) is 0 Å². The van der Waals surface area contributed by atoms with Crippen molar-refractivity contribution in [2.45, 2.75) is 13.8 Å². The van der Waals surface area contributed by atoms with Crippen molar-refractivity contribution in [2.75, 3.05) is 18.1 Å². The predicted molar refractivity (Wildman–Crippen MR) is 92.9 cm³/mol. The van der Waals surface area contributed by atoms with Crippen molar-refractivity contribution >= 4 is 23.2 Å². The third-order valence-corrected chi connectivity index (χ3v) is 2.90. The van der Waals surface area contributed by atoms with E-state index in [1.54, 1.807) is 18.2 Å². The maximum atomic E-state index is 12.2. The van der Waals surface area contributed by atoms with Gasteiger partial charge in [-0.1, -0.05) is 32.0 Å². The van der Waals surface area contributed by atoms with E-state index in [0.29, 0.717) is 11.3 Å². The summed E-state index contributed by atoms with van der Waals surface area (Å²) in [7, 11) is 1.42. The zero-order chi connectivity index (χ0) is 17.4. The van der Waals surface area contributed by atoms with Gasteiger partial charge in [0.25, 0.3) is 11.8 Å². The van der Waals surface area contributed by atoms with Crippen LogP contribution in [0.3, 0.4) is 0 Å². The van der Waals surface area contributed by atoms with Gasteiger partial charge in [-0.05, 0) is 30.3 Å². The Kier molecular flexibility index (Phi) is 6.76. The molecule has 0 atom stereocenters. The maximum absolute atomic E-state index is 12.2.